The zero-order valence-corrected chi connectivity index (χ0v) is 8.16. The first-order chi connectivity index (χ1) is 6.79. The van der Waals surface area contributed by atoms with Gasteiger partial charge in [-0.1, -0.05) is 5.11 Å². The summed E-state index contributed by atoms with van der Waals surface area (Å²) in [5, 5.41) is 3.60. The standard InChI is InChI=1S/C8H13N3O3/c1-6-8(14-5-12-2)7(10-11-9)3-4-13-6/h3-4,6-8H,5H2,1-2H3/t6-,7-,8-/m1/s1. The Morgan fingerprint density at radius 1 is 1.64 bits per heavy atom. The van der Waals surface area contributed by atoms with Gasteiger partial charge in [-0.2, -0.15) is 0 Å². The average Bonchev–Trinajstić information content (AvgIpc) is 2.18. The van der Waals surface area contributed by atoms with E-state index in [0.717, 1.165) is 0 Å². The molecule has 0 spiro atoms. The van der Waals surface area contributed by atoms with E-state index in [4.69, 9.17) is 19.7 Å². The number of ether oxygens (including phenoxy) is 3. The van der Waals surface area contributed by atoms with Gasteiger partial charge in [-0.3, -0.25) is 0 Å². The highest BCUT2D eigenvalue weighted by Crippen LogP contribution is 2.18. The molecule has 0 aromatic rings. The van der Waals surface area contributed by atoms with Gasteiger partial charge in [-0.25, -0.2) is 0 Å². The largest absolute Gasteiger partial charge is 0.496 e. The second-order valence-corrected chi connectivity index (χ2v) is 2.90. The molecule has 0 bridgehead atoms. The smallest absolute Gasteiger partial charge is 0.146 e. The minimum Gasteiger partial charge on any atom is -0.496 e. The molecule has 14 heavy (non-hydrogen) atoms. The number of azide groups is 1. The van der Waals surface area contributed by atoms with E-state index in [1.54, 1.807) is 6.08 Å². The molecule has 0 amide bonds. The monoisotopic (exact) mass is 199 g/mol. The summed E-state index contributed by atoms with van der Waals surface area (Å²) >= 11 is 0. The van der Waals surface area contributed by atoms with Crippen LogP contribution in [0.5, 0.6) is 0 Å². The summed E-state index contributed by atoms with van der Waals surface area (Å²) in [4.78, 5) is 2.75. The van der Waals surface area contributed by atoms with Crippen molar-refractivity contribution in [2.45, 2.75) is 25.2 Å². The molecule has 0 aromatic carbocycles. The topological polar surface area (TPSA) is 76.5 Å². The molecule has 0 unspecified atom stereocenters. The van der Waals surface area contributed by atoms with Gasteiger partial charge in [0, 0.05) is 12.0 Å². The summed E-state index contributed by atoms with van der Waals surface area (Å²) in [6, 6.07) is -0.334. The van der Waals surface area contributed by atoms with Gasteiger partial charge < -0.3 is 14.2 Å². The Hall–Kier alpha value is -1.23. The molecule has 0 N–H and O–H groups in total. The van der Waals surface area contributed by atoms with Crippen molar-refractivity contribution >= 4 is 0 Å². The van der Waals surface area contributed by atoms with Crippen LogP contribution in [0, 0.1) is 0 Å². The van der Waals surface area contributed by atoms with Gasteiger partial charge in [0.05, 0.1) is 12.3 Å². The van der Waals surface area contributed by atoms with Crippen molar-refractivity contribution < 1.29 is 14.2 Å². The fraction of sp³-hybridized carbons (Fsp3) is 0.750. The summed E-state index contributed by atoms with van der Waals surface area (Å²) in [7, 11) is 1.53. The molecule has 6 heteroatoms. The molecule has 78 valence electrons. The minimum atomic E-state index is -0.334. The zero-order valence-electron chi connectivity index (χ0n) is 8.16. The third kappa shape index (κ3) is 2.63. The third-order valence-electron chi connectivity index (χ3n) is 1.93. The van der Waals surface area contributed by atoms with Crippen LogP contribution < -0.4 is 0 Å². The Morgan fingerprint density at radius 2 is 2.43 bits per heavy atom. The molecule has 0 fully saturated rings. The van der Waals surface area contributed by atoms with Crippen molar-refractivity contribution in [3.8, 4) is 0 Å². The fourth-order valence-electron chi connectivity index (χ4n) is 1.26. The van der Waals surface area contributed by atoms with Crippen LogP contribution in [0.3, 0.4) is 0 Å². The quantitative estimate of drug-likeness (QED) is 0.298. The van der Waals surface area contributed by atoms with Crippen LogP contribution in [0.2, 0.25) is 0 Å². The second-order valence-electron chi connectivity index (χ2n) is 2.90. The molecular formula is C8H13N3O3. The molecule has 1 heterocycles. The lowest BCUT2D eigenvalue weighted by Crippen LogP contribution is -2.39. The second kappa shape index (κ2) is 5.49. The normalized spacial score (nSPS) is 30.6. The number of nitrogens with zero attached hydrogens (tertiary/aromatic N) is 3. The van der Waals surface area contributed by atoms with Crippen molar-refractivity contribution in [2.24, 2.45) is 5.11 Å². The highest BCUT2D eigenvalue weighted by molar-refractivity contribution is 5.01. The van der Waals surface area contributed by atoms with Gasteiger partial charge in [-0.05, 0) is 18.5 Å². The SMILES string of the molecule is COCO[C@H]1[C@H](N=[N+]=[N-])C=CO[C@@H]1C. The van der Waals surface area contributed by atoms with Crippen molar-refractivity contribution in [1.29, 1.82) is 0 Å². The average molecular weight is 199 g/mol. The van der Waals surface area contributed by atoms with Crippen molar-refractivity contribution in [3.05, 3.63) is 22.8 Å². The predicted molar refractivity (Wildman–Crippen MR) is 49.4 cm³/mol. The molecule has 6 nitrogen and oxygen atoms in total. The molecule has 0 saturated heterocycles. The Labute approximate surface area is 82.1 Å². The molecule has 0 saturated carbocycles. The van der Waals surface area contributed by atoms with Gasteiger partial charge in [0.2, 0.25) is 0 Å². The maximum atomic E-state index is 8.34. The van der Waals surface area contributed by atoms with E-state index in [1.807, 2.05) is 6.92 Å². The molecule has 0 aromatic heterocycles. The molecule has 1 aliphatic rings. The van der Waals surface area contributed by atoms with Crippen LogP contribution in [0.15, 0.2) is 17.5 Å². The maximum Gasteiger partial charge on any atom is 0.146 e. The summed E-state index contributed by atoms with van der Waals surface area (Å²) in [6.07, 6.45) is 2.75. The van der Waals surface area contributed by atoms with Gasteiger partial charge >= 0.3 is 0 Å². The lowest BCUT2D eigenvalue weighted by molar-refractivity contribution is -0.119. The van der Waals surface area contributed by atoms with Gasteiger partial charge in [0.25, 0.3) is 0 Å². The van der Waals surface area contributed by atoms with Crippen LogP contribution in [-0.4, -0.2) is 32.2 Å². The summed E-state index contributed by atoms with van der Waals surface area (Å²) < 4.78 is 15.3. The number of hydrogen-bond donors (Lipinski definition) is 0. The van der Waals surface area contributed by atoms with E-state index in [1.165, 1.54) is 13.4 Å². The Balaban J connectivity index is 2.63. The summed E-state index contributed by atoms with van der Waals surface area (Å²) in [6.45, 7) is 2.01. The van der Waals surface area contributed by atoms with Crippen molar-refractivity contribution in [3.63, 3.8) is 0 Å². The maximum absolute atomic E-state index is 8.34. The van der Waals surface area contributed by atoms with Crippen molar-refractivity contribution in [1.82, 2.24) is 0 Å². The first-order valence-corrected chi connectivity index (χ1v) is 4.26. The van der Waals surface area contributed by atoms with E-state index in [0.29, 0.717) is 0 Å². The van der Waals surface area contributed by atoms with Crippen LogP contribution in [-0.2, 0) is 14.2 Å². The van der Waals surface area contributed by atoms with E-state index in [-0.39, 0.29) is 25.0 Å². The van der Waals surface area contributed by atoms with Gasteiger partial charge in [-0.15, -0.1) is 0 Å². The van der Waals surface area contributed by atoms with Crippen LogP contribution in [0.1, 0.15) is 6.92 Å². The molecular weight excluding hydrogens is 186 g/mol. The van der Waals surface area contributed by atoms with E-state index in [2.05, 4.69) is 10.0 Å². The Morgan fingerprint density at radius 3 is 3.07 bits per heavy atom. The van der Waals surface area contributed by atoms with E-state index < -0.39 is 0 Å². The third-order valence-corrected chi connectivity index (χ3v) is 1.93. The Kier molecular flexibility index (Phi) is 4.25. The molecule has 1 rings (SSSR count). The van der Waals surface area contributed by atoms with E-state index >= 15 is 0 Å². The van der Waals surface area contributed by atoms with Crippen LogP contribution in [0.25, 0.3) is 10.4 Å². The molecule has 3 atom stereocenters. The molecule has 1 aliphatic heterocycles. The molecule has 0 radical (unpaired) electrons. The lowest BCUT2D eigenvalue weighted by atomic mass is 10.1. The first kappa shape index (κ1) is 10.8. The molecule has 0 aliphatic carbocycles. The summed E-state index contributed by atoms with van der Waals surface area (Å²) in [5.74, 6) is 0. The zero-order chi connectivity index (χ0) is 10.4. The van der Waals surface area contributed by atoms with Gasteiger partial charge in [0.1, 0.15) is 19.0 Å². The minimum absolute atomic E-state index is 0.148. The van der Waals surface area contributed by atoms with Crippen molar-refractivity contribution in [2.75, 3.05) is 13.9 Å². The highest BCUT2D eigenvalue weighted by Gasteiger charge is 2.29. The number of rotatable bonds is 4. The van der Waals surface area contributed by atoms with Gasteiger partial charge in [0.15, 0.2) is 0 Å². The number of hydrogen-bond acceptors (Lipinski definition) is 4. The first-order valence-electron chi connectivity index (χ1n) is 4.26. The Bertz CT molecular complexity index is 250. The van der Waals surface area contributed by atoms with Crippen LogP contribution in [0.4, 0.5) is 0 Å². The highest BCUT2D eigenvalue weighted by atomic mass is 16.7. The fourth-order valence-corrected chi connectivity index (χ4v) is 1.26. The van der Waals surface area contributed by atoms with Crippen LogP contribution >= 0.6 is 0 Å². The predicted octanol–water partition coefficient (Wildman–Crippen LogP) is 1.59. The number of methoxy groups -OCH3 is 1. The summed E-state index contributed by atoms with van der Waals surface area (Å²) in [5.41, 5.74) is 8.34. The van der Waals surface area contributed by atoms with E-state index in [9.17, 15) is 0 Å². The lowest BCUT2D eigenvalue weighted by Gasteiger charge is -2.29.